The summed E-state index contributed by atoms with van der Waals surface area (Å²) in [6.45, 7) is 4.43. The molecule has 0 aliphatic carbocycles. The maximum absolute atomic E-state index is 12.3. The molecule has 2 aliphatic heterocycles. The highest BCUT2D eigenvalue weighted by atomic mass is 16.1. The monoisotopic (exact) mass is 332 g/mol. The van der Waals surface area contributed by atoms with Crippen LogP contribution in [0.5, 0.6) is 0 Å². The quantitative estimate of drug-likeness (QED) is 0.848. The van der Waals surface area contributed by atoms with Crippen LogP contribution in [-0.4, -0.2) is 23.9 Å². The number of carbonyl (C=O) groups is 1. The highest BCUT2D eigenvalue weighted by Gasteiger charge is 2.31. The largest absolute Gasteiger partial charge is 0.323 e. The van der Waals surface area contributed by atoms with Gasteiger partial charge in [0.05, 0.1) is 0 Å². The molecule has 0 saturated carbocycles. The first-order valence-electron chi connectivity index (χ1n) is 9.12. The van der Waals surface area contributed by atoms with Gasteiger partial charge in [0.25, 0.3) is 0 Å². The Bertz CT molecular complexity index is 825. The summed E-state index contributed by atoms with van der Waals surface area (Å²) >= 11 is 0. The first-order chi connectivity index (χ1) is 12.2. The molecule has 1 unspecified atom stereocenters. The zero-order valence-electron chi connectivity index (χ0n) is 14.7. The minimum Gasteiger partial charge on any atom is -0.323 e. The Labute approximate surface area is 149 Å². The highest BCUT2D eigenvalue weighted by Crippen LogP contribution is 2.38. The van der Waals surface area contributed by atoms with Crippen molar-refractivity contribution >= 4 is 17.7 Å². The third-order valence-electron chi connectivity index (χ3n) is 5.41. The van der Waals surface area contributed by atoms with Crippen molar-refractivity contribution in [1.82, 2.24) is 4.90 Å². The topological polar surface area (TPSA) is 32.3 Å². The number of fused-ring (bicyclic) bond motifs is 3. The molecule has 0 bridgehead atoms. The van der Waals surface area contributed by atoms with E-state index < -0.39 is 0 Å². The maximum atomic E-state index is 12.3. The number of rotatable bonds is 3. The van der Waals surface area contributed by atoms with Crippen molar-refractivity contribution in [2.24, 2.45) is 0 Å². The summed E-state index contributed by atoms with van der Waals surface area (Å²) in [5.41, 5.74) is 5.99. The van der Waals surface area contributed by atoms with E-state index in [-0.39, 0.29) is 5.91 Å². The van der Waals surface area contributed by atoms with Gasteiger partial charge in [-0.05, 0) is 73.2 Å². The first-order valence-corrected chi connectivity index (χ1v) is 9.12. The molecule has 0 aromatic heterocycles. The Morgan fingerprint density at radius 3 is 2.96 bits per heavy atom. The van der Waals surface area contributed by atoms with Gasteiger partial charge in [-0.2, -0.15) is 0 Å². The molecule has 2 aromatic carbocycles. The van der Waals surface area contributed by atoms with Crippen LogP contribution in [0.25, 0.3) is 6.08 Å². The Morgan fingerprint density at radius 1 is 1.20 bits per heavy atom. The van der Waals surface area contributed by atoms with Crippen LogP contribution in [-0.2, 0) is 11.2 Å². The van der Waals surface area contributed by atoms with E-state index in [2.05, 4.69) is 35.3 Å². The van der Waals surface area contributed by atoms with Crippen molar-refractivity contribution in [2.75, 3.05) is 18.4 Å². The fraction of sp³-hybridized carbons (Fsp3) is 0.318. The van der Waals surface area contributed by atoms with Crippen LogP contribution >= 0.6 is 0 Å². The molecule has 1 N–H and O–H groups in total. The lowest BCUT2D eigenvalue weighted by Crippen LogP contribution is -2.30. The molecule has 128 valence electrons. The molecule has 1 amide bonds. The van der Waals surface area contributed by atoms with Crippen molar-refractivity contribution in [3.63, 3.8) is 0 Å². The van der Waals surface area contributed by atoms with Gasteiger partial charge in [-0.25, -0.2) is 0 Å². The number of anilines is 1. The summed E-state index contributed by atoms with van der Waals surface area (Å²) in [6.07, 6.45) is 7.12. The van der Waals surface area contributed by atoms with E-state index in [1.54, 1.807) is 6.08 Å². The number of benzene rings is 2. The molecule has 2 aromatic rings. The van der Waals surface area contributed by atoms with Crippen LogP contribution in [0.3, 0.4) is 0 Å². The van der Waals surface area contributed by atoms with Gasteiger partial charge in [0.2, 0.25) is 5.91 Å². The fourth-order valence-corrected chi connectivity index (χ4v) is 4.04. The Balaban J connectivity index is 1.49. The Morgan fingerprint density at radius 2 is 2.08 bits per heavy atom. The maximum Gasteiger partial charge on any atom is 0.248 e. The lowest BCUT2D eigenvalue weighted by molar-refractivity contribution is -0.111. The predicted octanol–water partition coefficient (Wildman–Crippen LogP) is 4.34. The molecule has 2 heterocycles. The van der Waals surface area contributed by atoms with Gasteiger partial charge >= 0.3 is 0 Å². The van der Waals surface area contributed by atoms with Crippen LogP contribution in [0, 0.1) is 6.92 Å². The molecule has 25 heavy (non-hydrogen) atoms. The SMILES string of the molecule is Cc1ccccc1C=CC(=O)Nc1ccc2c(c1)C1CCCN1CC2. The van der Waals surface area contributed by atoms with Gasteiger partial charge in [-0.3, -0.25) is 9.69 Å². The average Bonchev–Trinajstić information content (AvgIpc) is 3.10. The number of hydrogen-bond acceptors (Lipinski definition) is 2. The first kappa shape index (κ1) is 16.1. The van der Waals surface area contributed by atoms with Crippen LogP contribution < -0.4 is 5.32 Å². The molecule has 0 spiro atoms. The van der Waals surface area contributed by atoms with Gasteiger partial charge in [-0.1, -0.05) is 30.3 Å². The van der Waals surface area contributed by atoms with Crippen molar-refractivity contribution in [3.8, 4) is 0 Å². The van der Waals surface area contributed by atoms with E-state index >= 15 is 0 Å². The normalized spacial score (nSPS) is 19.6. The summed E-state index contributed by atoms with van der Waals surface area (Å²) in [6, 6.07) is 15.0. The third-order valence-corrected chi connectivity index (χ3v) is 5.41. The summed E-state index contributed by atoms with van der Waals surface area (Å²) in [5, 5.41) is 3.02. The number of nitrogens with one attached hydrogen (secondary N) is 1. The van der Waals surface area contributed by atoms with Crippen LogP contribution in [0.1, 0.15) is 41.1 Å². The van der Waals surface area contributed by atoms with Gasteiger partial charge in [0, 0.05) is 24.4 Å². The molecule has 4 rings (SSSR count). The van der Waals surface area contributed by atoms with E-state index in [4.69, 9.17) is 0 Å². The Kier molecular flexibility index (Phi) is 4.41. The standard InChI is InChI=1S/C22H24N2O/c1-16-5-2-3-6-17(16)9-11-22(25)23-19-10-8-18-12-14-24-13-4-7-21(24)20(18)15-19/h2-3,5-6,8-11,15,21H,4,7,12-14H2,1H3,(H,23,25). The molecular formula is C22H24N2O. The molecule has 3 heteroatoms. The van der Waals surface area contributed by atoms with Crippen molar-refractivity contribution in [2.45, 2.75) is 32.2 Å². The van der Waals surface area contributed by atoms with Crippen LogP contribution in [0.2, 0.25) is 0 Å². The van der Waals surface area contributed by atoms with Crippen LogP contribution in [0.4, 0.5) is 5.69 Å². The molecule has 1 atom stereocenters. The van der Waals surface area contributed by atoms with Crippen LogP contribution in [0.15, 0.2) is 48.5 Å². The average molecular weight is 332 g/mol. The number of amides is 1. The summed E-state index contributed by atoms with van der Waals surface area (Å²) < 4.78 is 0. The fourth-order valence-electron chi connectivity index (χ4n) is 4.04. The molecule has 2 aliphatic rings. The molecule has 1 saturated heterocycles. The zero-order chi connectivity index (χ0) is 17.2. The van der Waals surface area contributed by atoms with E-state index in [9.17, 15) is 4.79 Å². The van der Waals surface area contributed by atoms with E-state index in [0.29, 0.717) is 6.04 Å². The number of aryl methyl sites for hydroxylation is 1. The van der Waals surface area contributed by atoms with Crippen molar-refractivity contribution < 1.29 is 4.79 Å². The lowest BCUT2D eigenvalue weighted by atomic mass is 9.92. The lowest BCUT2D eigenvalue weighted by Gasteiger charge is -2.32. The number of nitrogens with zero attached hydrogens (tertiary/aromatic N) is 1. The van der Waals surface area contributed by atoms with Gasteiger partial charge in [0.1, 0.15) is 0 Å². The second-order valence-corrected chi connectivity index (χ2v) is 7.04. The third kappa shape index (κ3) is 3.38. The summed E-state index contributed by atoms with van der Waals surface area (Å²) in [5.74, 6) is -0.0812. The summed E-state index contributed by atoms with van der Waals surface area (Å²) in [4.78, 5) is 14.9. The second-order valence-electron chi connectivity index (χ2n) is 7.04. The second kappa shape index (κ2) is 6.85. The minimum absolute atomic E-state index is 0.0812. The number of hydrogen-bond donors (Lipinski definition) is 1. The molecular weight excluding hydrogens is 308 g/mol. The number of carbonyl (C=O) groups excluding carboxylic acids is 1. The predicted molar refractivity (Wildman–Crippen MR) is 103 cm³/mol. The van der Waals surface area contributed by atoms with Gasteiger partial charge < -0.3 is 5.32 Å². The minimum atomic E-state index is -0.0812. The van der Waals surface area contributed by atoms with E-state index in [1.165, 1.54) is 42.6 Å². The van der Waals surface area contributed by atoms with E-state index in [0.717, 1.165) is 17.7 Å². The highest BCUT2D eigenvalue weighted by molar-refractivity contribution is 6.02. The van der Waals surface area contributed by atoms with Gasteiger partial charge in [0.15, 0.2) is 0 Å². The van der Waals surface area contributed by atoms with Crippen molar-refractivity contribution in [3.05, 3.63) is 70.8 Å². The summed E-state index contributed by atoms with van der Waals surface area (Å²) in [7, 11) is 0. The zero-order valence-corrected chi connectivity index (χ0v) is 14.7. The van der Waals surface area contributed by atoms with Crippen molar-refractivity contribution in [1.29, 1.82) is 0 Å². The molecule has 1 fully saturated rings. The smallest absolute Gasteiger partial charge is 0.248 e. The molecule has 0 radical (unpaired) electrons. The Hall–Kier alpha value is -2.39. The van der Waals surface area contributed by atoms with E-state index in [1.807, 2.05) is 30.3 Å². The molecule has 3 nitrogen and oxygen atoms in total. The van der Waals surface area contributed by atoms with Gasteiger partial charge in [-0.15, -0.1) is 0 Å².